The first-order valence-electron chi connectivity index (χ1n) is 12.9. The number of benzene rings is 2. The summed E-state index contributed by atoms with van der Waals surface area (Å²) in [6.07, 6.45) is 2.51. The van der Waals surface area contributed by atoms with Gasteiger partial charge in [-0.05, 0) is 49.1 Å². The molecule has 2 N–H and O–H groups in total. The molecular formula is C27H34N4O5Si. The first-order valence-corrected chi connectivity index (χ1v) is 16.6. The van der Waals surface area contributed by atoms with Crippen LogP contribution in [0.4, 0.5) is 0 Å². The molecule has 0 unspecified atom stereocenters. The summed E-state index contributed by atoms with van der Waals surface area (Å²) in [5.74, 6) is 0.522. The van der Waals surface area contributed by atoms with Crippen molar-refractivity contribution >= 4 is 30.0 Å². The zero-order valence-electron chi connectivity index (χ0n) is 21.7. The second-order valence-electron chi connectivity index (χ2n) is 10.9. The molecule has 0 aliphatic carbocycles. The van der Waals surface area contributed by atoms with Gasteiger partial charge in [-0.1, -0.05) is 31.8 Å². The standard InChI is InChI=1S/C27H34N4O5Si/c1-37(2,3)13-12-35-17-30-21-14-18(16-32)15-22-25(21)28-24(27(30)34)19-8-7-9-20-23(19)29-31(26(20)33)10-5-4-6-11-36-22/h7-9,14-15,29,32H,4-6,10-13,16-17H2,1-3H3. The fourth-order valence-corrected chi connectivity index (χ4v) is 5.43. The number of aliphatic hydroxyl groups is 1. The van der Waals surface area contributed by atoms with Gasteiger partial charge in [0.25, 0.3) is 11.1 Å². The molecular weight excluding hydrogens is 488 g/mol. The fourth-order valence-electron chi connectivity index (χ4n) is 4.67. The molecule has 196 valence electrons. The van der Waals surface area contributed by atoms with E-state index in [2.05, 4.69) is 24.7 Å². The molecule has 0 saturated heterocycles. The number of aliphatic hydroxyl groups excluding tert-OH is 1. The molecule has 0 fully saturated rings. The maximum atomic E-state index is 13.9. The SMILES string of the molecule is C[Si](C)(C)CCOCn1c(=O)c2nc3c(cc(CO)cc31)OCCCCCn1[nH]c3c-2cccc3c1=O. The molecule has 37 heavy (non-hydrogen) atoms. The van der Waals surface area contributed by atoms with Crippen LogP contribution in [0.2, 0.25) is 25.7 Å². The van der Waals surface area contributed by atoms with Gasteiger partial charge >= 0.3 is 0 Å². The molecule has 2 aromatic carbocycles. The van der Waals surface area contributed by atoms with Crippen LogP contribution in [0.5, 0.6) is 5.75 Å². The molecule has 0 radical (unpaired) electrons. The lowest BCUT2D eigenvalue weighted by Gasteiger charge is -2.18. The van der Waals surface area contributed by atoms with E-state index >= 15 is 0 Å². The van der Waals surface area contributed by atoms with E-state index in [0.717, 1.165) is 25.3 Å². The highest BCUT2D eigenvalue weighted by Crippen LogP contribution is 2.30. The molecule has 5 rings (SSSR count). The molecule has 4 bridgehead atoms. The monoisotopic (exact) mass is 522 g/mol. The predicted octanol–water partition coefficient (Wildman–Crippen LogP) is 4.07. The summed E-state index contributed by atoms with van der Waals surface area (Å²) >= 11 is 0. The topological polar surface area (TPSA) is 111 Å². The third-order valence-corrected chi connectivity index (χ3v) is 8.51. The quantitative estimate of drug-likeness (QED) is 0.292. The number of hydrogen-bond acceptors (Lipinski definition) is 6. The van der Waals surface area contributed by atoms with E-state index in [1.54, 1.807) is 33.5 Å². The van der Waals surface area contributed by atoms with Gasteiger partial charge in [0, 0.05) is 26.8 Å². The van der Waals surface area contributed by atoms with Gasteiger partial charge in [0.05, 0.1) is 29.6 Å². The lowest BCUT2D eigenvalue weighted by atomic mass is 10.1. The van der Waals surface area contributed by atoms with Crippen LogP contribution < -0.4 is 15.9 Å². The molecule has 2 aromatic heterocycles. The largest absolute Gasteiger partial charge is 0.491 e. The van der Waals surface area contributed by atoms with Crippen LogP contribution in [0.1, 0.15) is 24.8 Å². The summed E-state index contributed by atoms with van der Waals surface area (Å²) in [4.78, 5) is 31.8. The van der Waals surface area contributed by atoms with E-state index in [0.29, 0.717) is 58.6 Å². The molecule has 4 aromatic rings. The number of ether oxygens (including phenoxy) is 2. The van der Waals surface area contributed by atoms with Crippen LogP contribution in [0, 0.1) is 0 Å². The molecule has 10 heteroatoms. The number of fused-ring (bicyclic) bond motifs is 3. The molecule has 1 aliphatic rings. The fraction of sp³-hybridized carbons (Fsp3) is 0.444. The summed E-state index contributed by atoms with van der Waals surface area (Å²) in [7, 11) is -1.31. The Morgan fingerprint density at radius 1 is 1.14 bits per heavy atom. The van der Waals surface area contributed by atoms with Crippen LogP contribution >= 0.6 is 0 Å². The zero-order valence-corrected chi connectivity index (χ0v) is 22.7. The summed E-state index contributed by atoms with van der Waals surface area (Å²) < 4.78 is 15.3. The van der Waals surface area contributed by atoms with E-state index in [-0.39, 0.29) is 30.2 Å². The van der Waals surface area contributed by atoms with Crippen molar-refractivity contribution < 1.29 is 14.6 Å². The van der Waals surface area contributed by atoms with Crippen LogP contribution in [-0.4, -0.2) is 45.7 Å². The van der Waals surface area contributed by atoms with Crippen molar-refractivity contribution in [3.8, 4) is 17.0 Å². The van der Waals surface area contributed by atoms with Gasteiger partial charge in [0.2, 0.25) is 0 Å². The Labute approximate surface area is 215 Å². The van der Waals surface area contributed by atoms with Crippen molar-refractivity contribution in [2.45, 2.75) is 64.8 Å². The van der Waals surface area contributed by atoms with Crippen LogP contribution in [0.25, 0.3) is 33.2 Å². The number of rotatable bonds is 6. The second-order valence-corrected chi connectivity index (χ2v) is 16.5. The van der Waals surface area contributed by atoms with E-state index in [4.69, 9.17) is 14.5 Å². The maximum Gasteiger partial charge on any atom is 0.279 e. The van der Waals surface area contributed by atoms with Crippen LogP contribution in [0.3, 0.4) is 0 Å². The maximum absolute atomic E-state index is 13.9. The molecule has 0 spiro atoms. The number of aromatic amines is 1. The number of hydrogen-bond donors (Lipinski definition) is 2. The van der Waals surface area contributed by atoms with E-state index in [1.807, 2.05) is 6.07 Å². The third-order valence-electron chi connectivity index (χ3n) is 6.80. The lowest BCUT2D eigenvalue weighted by molar-refractivity contribution is 0.0878. The summed E-state index contributed by atoms with van der Waals surface area (Å²) in [5.41, 5.74) is 2.65. The molecule has 0 atom stereocenters. The Morgan fingerprint density at radius 2 is 1.97 bits per heavy atom. The highest BCUT2D eigenvalue weighted by molar-refractivity contribution is 6.76. The van der Waals surface area contributed by atoms with Crippen molar-refractivity contribution in [2.24, 2.45) is 0 Å². The Bertz CT molecular complexity index is 1560. The highest BCUT2D eigenvalue weighted by Gasteiger charge is 2.21. The van der Waals surface area contributed by atoms with Crippen LogP contribution in [0.15, 0.2) is 39.9 Å². The van der Waals surface area contributed by atoms with Crippen molar-refractivity contribution in [3.63, 3.8) is 0 Å². The minimum absolute atomic E-state index is 0.0527. The number of para-hydroxylation sites is 1. The average Bonchev–Trinajstić information content (AvgIpc) is 3.19. The minimum Gasteiger partial charge on any atom is -0.491 e. The number of aromatic nitrogens is 4. The summed E-state index contributed by atoms with van der Waals surface area (Å²) in [6, 6.07) is 9.88. The van der Waals surface area contributed by atoms with Gasteiger partial charge in [0.1, 0.15) is 23.7 Å². The van der Waals surface area contributed by atoms with E-state index < -0.39 is 8.07 Å². The smallest absolute Gasteiger partial charge is 0.279 e. The first kappa shape index (κ1) is 25.4. The Morgan fingerprint density at radius 3 is 2.76 bits per heavy atom. The minimum atomic E-state index is -1.31. The van der Waals surface area contributed by atoms with Gasteiger partial charge in [-0.2, -0.15) is 0 Å². The molecule has 0 saturated carbocycles. The molecule has 9 nitrogen and oxygen atoms in total. The predicted molar refractivity (Wildman–Crippen MR) is 147 cm³/mol. The average molecular weight is 523 g/mol. The van der Waals surface area contributed by atoms with Crippen molar-refractivity contribution in [1.29, 1.82) is 0 Å². The lowest BCUT2D eigenvalue weighted by Crippen LogP contribution is -2.27. The summed E-state index contributed by atoms with van der Waals surface area (Å²) in [5, 5.41) is 13.7. The Kier molecular flexibility index (Phi) is 7.06. The molecule has 1 aliphatic heterocycles. The zero-order chi connectivity index (χ0) is 26.2. The molecule has 0 amide bonds. The first-order chi connectivity index (χ1) is 17.8. The number of H-pyrrole nitrogens is 1. The van der Waals surface area contributed by atoms with Gasteiger partial charge in [-0.3, -0.25) is 23.9 Å². The summed E-state index contributed by atoms with van der Waals surface area (Å²) in [6.45, 7) is 8.28. The highest BCUT2D eigenvalue weighted by atomic mass is 28.3. The third kappa shape index (κ3) is 5.14. The normalized spacial score (nSPS) is 14.4. The van der Waals surface area contributed by atoms with Crippen LogP contribution in [-0.2, 0) is 24.6 Å². The van der Waals surface area contributed by atoms with Gasteiger partial charge in [-0.15, -0.1) is 0 Å². The Balaban J connectivity index is 1.75. The van der Waals surface area contributed by atoms with Crippen molar-refractivity contribution in [3.05, 3.63) is 56.6 Å². The van der Waals surface area contributed by atoms with Gasteiger partial charge in [-0.25, -0.2) is 4.98 Å². The van der Waals surface area contributed by atoms with Gasteiger partial charge < -0.3 is 14.6 Å². The van der Waals surface area contributed by atoms with E-state index in [1.165, 1.54) is 0 Å². The Hall–Kier alpha value is -3.21. The van der Waals surface area contributed by atoms with E-state index in [9.17, 15) is 14.7 Å². The number of aryl methyl sites for hydroxylation is 1. The van der Waals surface area contributed by atoms with Crippen molar-refractivity contribution in [1.82, 2.24) is 19.3 Å². The number of nitrogens with one attached hydrogen (secondary N) is 1. The number of nitrogens with zero attached hydrogens (tertiary/aromatic N) is 3. The van der Waals surface area contributed by atoms with Gasteiger partial charge in [0.15, 0.2) is 0 Å². The van der Waals surface area contributed by atoms with Crippen molar-refractivity contribution in [2.75, 3.05) is 13.2 Å². The molecule has 3 heterocycles. The second kappa shape index (κ2) is 10.3.